The van der Waals surface area contributed by atoms with Gasteiger partial charge in [0.1, 0.15) is 0 Å². The van der Waals surface area contributed by atoms with E-state index in [1.807, 2.05) is 67.0 Å². The number of hydrogen-bond acceptors (Lipinski definition) is 3. The molecule has 2 aromatic heterocycles. The van der Waals surface area contributed by atoms with Gasteiger partial charge in [-0.05, 0) is 42.0 Å². The molecule has 0 N–H and O–H groups in total. The first-order valence-corrected chi connectivity index (χ1v) is 10.3. The van der Waals surface area contributed by atoms with Crippen LogP contribution >= 0.6 is 0 Å². The van der Waals surface area contributed by atoms with Crippen LogP contribution in [0.2, 0.25) is 0 Å². The fourth-order valence-corrected chi connectivity index (χ4v) is 4.22. The molecule has 3 aromatic carbocycles. The molecule has 0 fully saturated rings. The Labute approximate surface area is 180 Å². The van der Waals surface area contributed by atoms with Gasteiger partial charge in [0, 0.05) is 46.3 Å². The van der Waals surface area contributed by atoms with E-state index in [4.69, 9.17) is 4.99 Å². The molecule has 0 amide bonds. The molecule has 0 atom stereocenters. The highest BCUT2D eigenvalue weighted by Gasteiger charge is 2.24. The Morgan fingerprint density at radius 3 is 2.19 bits per heavy atom. The minimum absolute atomic E-state index is 0.756. The van der Waals surface area contributed by atoms with Crippen LogP contribution in [0.15, 0.2) is 96.2 Å². The number of hydrogen-bond donors (Lipinski definition) is 0. The topological polar surface area (TPSA) is 38.1 Å². The number of fused-ring (bicyclic) bond motifs is 6. The molecule has 144 valence electrons. The molecule has 0 saturated heterocycles. The highest BCUT2D eigenvalue weighted by atomic mass is 14.8. The molecule has 3 heterocycles. The molecular weight excluding hydrogens is 378 g/mol. The second-order valence-corrected chi connectivity index (χ2v) is 7.52. The minimum Gasteiger partial charge on any atom is -0.254 e. The third-order valence-electron chi connectivity index (χ3n) is 5.65. The molecule has 3 nitrogen and oxygen atoms in total. The van der Waals surface area contributed by atoms with Crippen LogP contribution in [0.5, 0.6) is 0 Å². The molecule has 0 spiro atoms. The quantitative estimate of drug-likeness (QED) is 0.263. The highest BCUT2D eigenvalue weighted by Crippen LogP contribution is 2.41. The monoisotopic (exact) mass is 395 g/mol. The van der Waals surface area contributed by atoms with Crippen molar-refractivity contribution in [1.82, 2.24) is 9.97 Å². The molecule has 1 aliphatic rings. The fraction of sp³-hybridized carbons (Fsp3) is 0.0357. The molecule has 6 rings (SSSR count). The normalized spacial score (nSPS) is 12.3. The van der Waals surface area contributed by atoms with Gasteiger partial charge < -0.3 is 0 Å². The molecule has 0 unspecified atom stereocenters. The zero-order chi connectivity index (χ0) is 20.6. The molecular formula is C28H17N3. The van der Waals surface area contributed by atoms with Crippen molar-refractivity contribution in [2.24, 2.45) is 4.99 Å². The smallest absolute Gasteiger partial charge is 0.0986 e. The van der Waals surface area contributed by atoms with Crippen LogP contribution in [0.3, 0.4) is 0 Å². The van der Waals surface area contributed by atoms with Crippen LogP contribution in [0.1, 0.15) is 22.3 Å². The lowest BCUT2D eigenvalue weighted by molar-refractivity contribution is 1.35. The first-order valence-electron chi connectivity index (χ1n) is 10.3. The van der Waals surface area contributed by atoms with Crippen LogP contribution in [0.25, 0.3) is 21.8 Å². The molecule has 0 aliphatic carbocycles. The first-order chi connectivity index (χ1) is 15.4. The Morgan fingerprint density at radius 1 is 0.645 bits per heavy atom. The van der Waals surface area contributed by atoms with Crippen molar-refractivity contribution in [3.63, 3.8) is 0 Å². The van der Waals surface area contributed by atoms with Gasteiger partial charge in [-0.15, -0.1) is 0 Å². The number of rotatable bonds is 1. The standard InChI is InChI=1S/C28H17N3/c1-2-8-19(9-3-1)14-15-20-10-4-5-11-21(20)25-18-24-22-12-6-16-29-27(22)28-23(26(24)31-25)13-7-17-30-28/h1-13,16-17H,18H2. The average Bonchev–Trinajstić information content (AvgIpc) is 3.30. The molecule has 0 radical (unpaired) electrons. The zero-order valence-electron chi connectivity index (χ0n) is 16.7. The summed E-state index contributed by atoms with van der Waals surface area (Å²) in [5.74, 6) is 6.63. The predicted molar refractivity (Wildman–Crippen MR) is 126 cm³/mol. The maximum Gasteiger partial charge on any atom is 0.0986 e. The Bertz CT molecular complexity index is 1550. The third-order valence-corrected chi connectivity index (χ3v) is 5.65. The van der Waals surface area contributed by atoms with Gasteiger partial charge >= 0.3 is 0 Å². The third kappa shape index (κ3) is 2.97. The Hall–Kier alpha value is -4.29. The van der Waals surface area contributed by atoms with Crippen molar-refractivity contribution in [3.8, 4) is 11.8 Å². The van der Waals surface area contributed by atoms with Gasteiger partial charge in [-0.2, -0.15) is 0 Å². The number of aliphatic imine (C=N–C) groups is 1. The molecule has 5 aromatic rings. The summed E-state index contributed by atoms with van der Waals surface area (Å²) in [6, 6.07) is 26.5. The van der Waals surface area contributed by atoms with Gasteiger partial charge in [0.25, 0.3) is 0 Å². The van der Waals surface area contributed by atoms with Crippen LogP contribution < -0.4 is 0 Å². The summed E-state index contributed by atoms with van der Waals surface area (Å²) in [7, 11) is 0. The molecule has 0 bridgehead atoms. The average molecular weight is 395 g/mol. The van der Waals surface area contributed by atoms with Gasteiger partial charge in [0.2, 0.25) is 0 Å². The number of benzene rings is 3. The molecule has 31 heavy (non-hydrogen) atoms. The fourth-order valence-electron chi connectivity index (χ4n) is 4.22. The van der Waals surface area contributed by atoms with Crippen molar-refractivity contribution >= 4 is 33.2 Å². The van der Waals surface area contributed by atoms with Crippen molar-refractivity contribution in [3.05, 3.63) is 114 Å². The van der Waals surface area contributed by atoms with E-state index in [1.54, 1.807) is 0 Å². The van der Waals surface area contributed by atoms with Gasteiger partial charge in [-0.3, -0.25) is 15.0 Å². The number of aromatic nitrogens is 2. The number of nitrogens with zero attached hydrogens (tertiary/aromatic N) is 3. The summed E-state index contributed by atoms with van der Waals surface area (Å²) in [6.07, 6.45) is 4.40. The molecule has 0 saturated carbocycles. The largest absolute Gasteiger partial charge is 0.254 e. The van der Waals surface area contributed by atoms with E-state index in [-0.39, 0.29) is 0 Å². The van der Waals surface area contributed by atoms with Gasteiger partial charge in [0.05, 0.1) is 22.4 Å². The van der Waals surface area contributed by atoms with E-state index in [0.29, 0.717) is 0 Å². The predicted octanol–water partition coefficient (Wildman–Crippen LogP) is 5.86. The summed E-state index contributed by atoms with van der Waals surface area (Å²) < 4.78 is 0. The summed E-state index contributed by atoms with van der Waals surface area (Å²) in [4.78, 5) is 14.3. The van der Waals surface area contributed by atoms with Gasteiger partial charge in [-0.25, -0.2) is 0 Å². The summed E-state index contributed by atoms with van der Waals surface area (Å²) >= 11 is 0. The van der Waals surface area contributed by atoms with E-state index < -0.39 is 0 Å². The maximum absolute atomic E-state index is 5.10. The second-order valence-electron chi connectivity index (χ2n) is 7.52. The lowest BCUT2D eigenvalue weighted by Crippen LogP contribution is -2.03. The maximum atomic E-state index is 5.10. The van der Waals surface area contributed by atoms with Crippen molar-refractivity contribution < 1.29 is 0 Å². The van der Waals surface area contributed by atoms with Crippen LogP contribution in [0.4, 0.5) is 5.69 Å². The van der Waals surface area contributed by atoms with E-state index in [0.717, 1.165) is 56.3 Å². The highest BCUT2D eigenvalue weighted by molar-refractivity contribution is 6.18. The number of pyridine rings is 2. The lowest BCUT2D eigenvalue weighted by Gasteiger charge is -2.08. The van der Waals surface area contributed by atoms with Crippen molar-refractivity contribution in [2.75, 3.05) is 0 Å². The van der Waals surface area contributed by atoms with Gasteiger partial charge in [-0.1, -0.05) is 54.3 Å². The van der Waals surface area contributed by atoms with Crippen LogP contribution in [-0.4, -0.2) is 15.7 Å². The van der Waals surface area contributed by atoms with Crippen LogP contribution in [-0.2, 0) is 6.42 Å². The molecule has 1 aliphatic heterocycles. The van der Waals surface area contributed by atoms with Crippen molar-refractivity contribution in [1.29, 1.82) is 0 Å². The van der Waals surface area contributed by atoms with E-state index in [1.165, 1.54) is 5.56 Å². The second kappa shape index (κ2) is 7.19. The van der Waals surface area contributed by atoms with E-state index in [9.17, 15) is 0 Å². The summed E-state index contributed by atoms with van der Waals surface area (Å²) in [5, 5.41) is 2.17. The Morgan fingerprint density at radius 2 is 1.35 bits per heavy atom. The summed E-state index contributed by atoms with van der Waals surface area (Å²) in [5.41, 5.74) is 8.16. The SMILES string of the molecule is C(#Cc1ccccc1C1=Nc2c(c3cccnc3c3ncccc23)C1)c1ccccc1. The zero-order valence-corrected chi connectivity index (χ0v) is 16.7. The first kappa shape index (κ1) is 17.6. The van der Waals surface area contributed by atoms with Crippen molar-refractivity contribution in [2.45, 2.75) is 6.42 Å². The Balaban J connectivity index is 1.52. The molecule has 3 heteroatoms. The minimum atomic E-state index is 0.756. The summed E-state index contributed by atoms with van der Waals surface area (Å²) in [6.45, 7) is 0. The van der Waals surface area contributed by atoms with Gasteiger partial charge in [0.15, 0.2) is 0 Å². The van der Waals surface area contributed by atoms with Crippen LogP contribution in [0, 0.1) is 11.8 Å². The lowest BCUT2D eigenvalue weighted by atomic mass is 9.96. The van der Waals surface area contributed by atoms with E-state index >= 15 is 0 Å². The Kier molecular flexibility index (Phi) is 4.08. The van der Waals surface area contributed by atoms with E-state index in [2.05, 4.69) is 46.1 Å².